The molecule has 0 radical (unpaired) electrons. The maximum Gasteiger partial charge on any atom is 0.320 e. The summed E-state index contributed by atoms with van der Waals surface area (Å²) in [5, 5.41) is 2.63. The normalized spacial score (nSPS) is 26.3. The van der Waals surface area contributed by atoms with Crippen LogP contribution in [0.5, 0.6) is 0 Å². The van der Waals surface area contributed by atoms with Gasteiger partial charge in [-0.15, -0.1) is 0 Å². The SMILES string of the molecule is CCN1C(=O)N(C2CCN(Cc3ccc4ccccc4c3)CC2)[C@@H]2CCCC[C@@H]21. The lowest BCUT2D eigenvalue weighted by Gasteiger charge is -2.40. The van der Waals surface area contributed by atoms with E-state index in [2.05, 4.69) is 64.1 Å². The summed E-state index contributed by atoms with van der Waals surface area (Å²) in [5.74, 6) is 0. The summed E-state index contributed by atoms with van der Waals surface area (Å²) in [5.41, 5.74) is 1.39. The molecule has 2 aromatic rings. The Morgan fingerprint density at radius 1 is 0.897 bits per heavy atom. The Morgan fingerprint density at radius 2 is 1.62 bits per heavy atom. The lowest BCUT2D eigenvalue weighted by molar-refractivity contribution is 0.0991. The van der Waals surface area contributed by atoms with Gasteiger partial charge in [-0.1, -0.05) is 49.2 Å². The lowest BCUT2D eigenvalue weighted by Crippen LogP contribution is -2.49. The van der Waals surface area contributed by atoms with Gasteiger partial charge in [-0.05, 0) is 55.0 Å². The highest BCUT2D eigenvalue weighted by atomic mass is 16.2. The van der Waals surface area contributed by atoms with E-state index < -0.39 is 0 Å². The fourth-order valence-corrected chi connectivity index (χ4v) is 5.96. The Hall–Kier alpha value is -2.07. The molecule has 2 heterocycles. The number of likely N-dealkylation sites (tertiary alicyclic amines) is 1. The Labute approximate surface area is 174 Å². The number of fused-ring (bicyclic) bond motifs is 2. The first-order chi connectivity index (χ1) is 14.2. The zero-order valence-electron chi connectivity index (χ0n) is 17.6. The zero-order valence-corrected chi connectivity index (χ0v) is 17.6. The summed E-state index contributed by atoms with van der Waals surface area (Å²) in [6.07, 6.45) is 7.18. The molecule has 154 valence electrons. The smallest absolute Gasteiger partial charge is 0.320 e. The van der Waals surface area contributed by atoms with Crippen molar-refractivity contribution in [2.45, 2.75) is 70.1 Å². The Balaban J connectivity index is 1.23. The first-order valence-electron chi connectivity index (χ1n) is 11.5. The van der Waals surface area contributed by atoms with Gasteiger partial charge in [-0.2, -0.15) is 0 Å². The summed E-state index contributed by atoms with van der Waals surface area (Å²) >= 11 is 0. The van der Waals surface area contributed by atoms with Gasteiger partial charge < -0.3 is 9.80 Å². The number of hydrogen-bond donors (Lipinski definition) is 0. The highest BCUT2D eigenvalue weighted by Gasteiger charge is 2.48. The van der Waals surface area contributed by atoms with E-state index in [-0.39, 0.29) is 0 Å². The number of benzene rings is 2. The van der Waals surface area contributed by atoms with Gasteiger partial charge in [0.15, 0.2) is 0 Å². The molecule has 2 aromatic carbocycles. The van der Waals surface area contributed by atoms with Crippen molar-refractivity contribution in [1.82, 2.24) is 14.7 Å². The van der Waals surface area contributed by atoms with E-state index >= 15 is 0 Å². The molecule has 0 unspecified atom stereocenters. The molecule has 0 spiro atoms. The van der Waals surface area contributed by atoms with Gasteiger partial charge in [0.2, 0.25) is 0 Å². The van der Waals surface area contributed by atoms with Crippen molar-refractivity contribution in [2.24, 2.45) is 0 Å². The van der Waals surface area contributed by atoms with Crippen LogP contribution >= 0.6 is 0 Å². The Bertz CT molecular complexity index is 873. The number of amides is 2. The highest BCUT2D eigenvalue weighted by molar-refractivity contribution is 5.83. The van der Waals surface area contributed by atoms with Crippen LogP contribution in [0.25, 0.3) is 10.8 Å². The number of hydrogen-bond acceptors (Lipinski definition) is 2. The van der Waals surface area contributed by atoms with Gasteiger partial charge >= 0.3 is 6.03 Å². The van der Waals surface area contributed by atoms with Crippen LogP contribution in [0.4, 0.5) is 4.79 Å². The molecule has 5 rings (SSSR count). The van der Waals surface area contributed by atoms with Crippen LogP contribution in [-0.4, -0.2) is 58.5 Å². The number of carbonyl (C=O) groups is 1. The van der Waals surface area contributed by atoms with Crippen LogP contribution in [-0.2, 0) is 6.54 Å². The minimum absolute atomic E-state index is 0.317. The average Bonchev–Trinajstić information content (AvgIpc) is 3.05. The van der Waals surface area contributed by atoms with Crippen molar-refractivity contribution in [1.29, 1.82) is 0 Å². The van der Waals surface area contributed by atoms with Gasteiger partial charge in [-0.25, -0.2) is 4.79 Å². The van der Waals surface area contributed by atoms with Gasteiger partial charge in [-0.3, -0.25) is 4.90 Å². The Morgan fingerprint density at radius 3 is 2.38 bits per heavy atom. The molecule has 2 saturated heterocycles. The first-order valence-corrected chi connectivity index (χ1v) is 11.5. The maximum atomic E-state index is 13.1. The van der Waals surface area contributed by atoms with E-state index in [9.17, 15) is 4.79 Å². The van der Waals surface area contributed by atoms with E-state index in [0.717, 1.165) is 39.0 Å². The van der Waals surface area contributed by atoms with E-state index in [0.29, 0.717) is 24.2 Å². The molecule has 2 amide bonds. The molecule has 0 N–H and O–H groups in total. The van der Waals surface area contributed by atoms with Crippen molar-refractivity contribution in [3.8, 4) is 0 Å². The molecule has 2 aliphatic heterocycles. The van der Waals surface area contributed by atoms with Crippen LogP contribution in [0, 0.1) is 0 Å². The molecule has 4 heteroatoms. The van der Waals surface area contributed by atoms with Crippen molar-refractivity contribution >= 4 is 16.8 Å². The van der Waals surface area contributed by atoms with E-state index in [4.69, 9.17) is 0 Å². The average molecular weight is 392 g/mol. The monoisotopic (exact) mass is 391 g/mol. The van der Waals surface area contributed by atoms with Crippen molar-refractivity contribution in [2.75, 3.05) is 19.6 Å². The quantitative estimate of drug-likeness (QED) is 0.743. The predicted molar refractivity (Wildman–Crippen MR) is 118 cm³/mol. The third-order valence-electron chi connectivity index (χ3n) is 7.43. The van der Waals surface area contributed by atoms with Gasteiger partial charge in [0.25, 0.3) is 0 Å². The number of nitrogens with zero attached hydrogens (tertiary/aromatic N) is 3. The fourth-order valence-electron chi connectivity index (χ4n) is 5.96. The van der Waals surface area contributed by atoms with Crippen LogP contribution in [0.3, 0.4) is 0 Å². The number of rotatable bonds is 4. The molecular weight excluding hydrogens is 358 g/mol. The second-order valence-electron chi connectivity index (χ2n) is 9.08. The molecule has 0 aromatic heterocycles. The van der Waals surface area contributed by atoms with E-state index in [1.807, 2.05) is 0 Å². The molecule has 1 saturated carbocycles. The fraction of sp³-hybridized carbons (Fsp3) is 0.560. The third kappa shape index (κ3) is 3.52. The summed E-state index contributed by atoms with van der Waals surface area (Å²) < 4.78 is 0. The first kappa shape index (κ1) is 18.9. The molecule has 3 aliphatic rings. The van der Waals surface area contributed by atoms with Crippen LogP contribution in [0.2, 0.25) is 0 Å². The van der Waals surface area contributed by atoms with Crippen molar-refractivity contribution < 1.29 is 4.79 Å². The van der Waals surface area contributed by atoms with Gasteiger partial charge in [0.1, 0.15) is 0 Å². The molecule has 0 bridgehead atoms. The number of likely N-dealkylation sites (N-methyl/N-ethyl adjacent to an activating group) is 1. The molecule has 2 atom stereocenters. The minimum atomic E-state index is 0.317. The largest absolute Gasteiger partial charge is 0.320 e. The summed E-state index contributed by atoms with van der Waals surface area (Å²) in [4.78, 5) is 20.2. The molecular formula is C25H33N3O. The van der Waals surface area contributed by atoms with E-state index in [1.165, 1.54) is 42.0 Å². The second kappa shape index (κ2) is 7.98. The number of urea groups is 1. The molecule has 1 aliphatic carbocycles. The minimum Gasteiger partial charge on any atom is -0.320 e. The molecule has 3 fully saturated rings. The third-order valence-corrected chi connectivity index (χ3v) is 7.43. The second-order valence-corrected chi connectivity index (χ2v) is 9.08. The summed E-state index contributed by atoms with van der Waals surface area (Å²) in [7, 11) is 0. The van der Waals surface area contributed by atoms with Crippen LogP contribution in [0.1, 0.15) is 51.0 Å². The number of piperidine rings is 1. The Kier molecular flexibility index (Phi) is 5.21. The van der Waals surface area contributed by atoms with Crippen LogP contribution in [0.15, 0.2) is 42.5 Å². The molecule has 4 nitrogen and oxygen atoms in total. The van der Waals surface area contributed by atoms with Crippen molar-refractivity contribution in [3.05, 3.63) is 48.0 Å². The lowest BCUT2D eigenvalue weighted by atomic mass is 9.88. The standard InChI is InChI=1S/C25H33N3O/c1-2-27-23-9-5-6-10-24(23)28(25(27)29)22-13-15-26(16-14-22)18-19-11-12-20-7-3-4-8-21(20)17-19/h3-4,7-8,11-12,17,22-24H,2,5-6,9-10,13-16,18H2,1H3/t23-,24+/m0/s1. The van der Waals surface area contributed by atoms with Gasteiger partial charge in [0, 0.05) is 32.2 Å². The maximum absolute atomic E-state index is 13.1. The number of carbonyl (C=O) groups excluding carboxylic acids is 1. The summed E-state index contributed by atoms with van der Waals surface area (Å²) in [6, 6.07) is 17.1. The van der Waals surface area contributed by atoms with Gasteiger partial charge in [0.05, 0.1) is 12.1 Å². The summed E-state index contributed by atoms with van der Waals surface area (Å²) in [6.45, 7) is 6.19. The predicted octanol–water partition coefficient (Wildman–Crippen LogP) is 4.87. The van der Waals surface area contributed by atoms with Crippen molar-refractivity contribution in [3.63, 3.8) is 0 Å². The highest BCUT2D eigenvalue weighted by Crippen LogP contribution is 2.37. The topological polar surface area (TPSA) is 26.8 Å². The van der Waals surface area contributed by atoms with E-state index in [1.54, 1.807) is 0 Å². The van der Waals surface area contributed by atoms with Crippen LogP contribution < -0.4 is 0 Å². The zero-order chi connectivity index (χ0) is 19.8. The molecule has 29 heavy (non-hydrogen) atoms.